The summed E-state index contributed by atoms with van der Waals surface area (Å²) in [4.78, 5) is 4.27. The first kappa shape index (κ1) is 17.0. The van der Waals surface area contributed by atoms with Crippen molar-refractivity contribution < 1.29 is 9.16 Å². The molecule has 1 aromatic carbocycles. The van der Waals surface area contributed by atoms with Crippen LogP contribution in [0.25, 0.3) is 0 Å². The van der Waals surface area contributed by atoms with Crippen LogP contribution in [0.1, 0.15) is 5.56 Å². The molecule has 0 amide bonds. The van der Waals surface area contributed by atoms with Crippen molar-refractivity contribution in [2.45, 2.75) is 19.6 Å². The van der Waals surface area contributed by atoms with Gasteiger partial charge in [0.05, 0.1) is 0 Å². The van der Waals surface area contributed by atoms with E-state index in [1.165, 1.54) is 0 Å². The van der Waals surface area contributed by atoms with Gasteiger partial charge in [0, 0.05) is 15.3 Å². The van der Waals surface area contributed by atoms with Crippen LogP contribution in [0, 0.1) is 3.57 Å². The number of nitrogens with zero attached hydrogens (tertiary/aromatic N) is 1. The van der Waals surface area contributed by atoms with Crippen molar-refractivity contribution in [3.05, 3.63) is 52.4 Å². The van der Waals surface area contributed by atoms with Crippen molar-refractivity contribution in [2.24, 2.45) is 4.99 Å². The minimum absolute atomic E-state index is 0.442. The van der Waals surface area contributed by atoms with Crippen LogP contribution in [0.15, 0.2) is 48.3 Å². The SMILES string of the molecule is C=CCOc1ccc(I)cc1C=NC(=C)O[Si](C)(C)C. The van der Waals surface area contributed by atoms with Crippen LogP contribution in [-0.4, -0.2) is 21.1 Å². The van der Waals surface area contributed by atoms with Crippen molar-refractivity contribution in [1.29, 1.82) is 0 Å². The van der Waals surface area contributed by atoms with Crippen molar-refractivity contribution in [3.63, 3.8) is 0 Å². The van der Waals surface area contributed by atoms with Gasteiger partial charge in [-0.1, -0.05) is 12.7 Å². The molecular weight excluding hydrogens is 381 g/mol. The molecule has 0 unspecified atom stereocenters. The van der Waals surface area contributed by atoms with Gasteiger partial charge in [-0.05, 0) is 67.0 Å². The van der Waals surface area contributed by atoms with Gasteiger partial charge in [0.1, 0.15) is 12.4 Å². The van der Waals surface area contributed by atoms with Gasteiger partial charge in [-0.15, -0.1) is 0 Å². The number of benzene rings is 1. The average Bonchev–Trinajstić information content (AvgIpc) is 2.33. The van der Waals surface area contributed by atoms with E-state index in [-0.39, 0.29) is 0 Å². The molecule has 0 aliphatic carbocycles. The second kappa shape index (κ2) is 7.63. The average molecular weight is 401 g/mol. The van der Waals surface area contributed by atoms with E-state index in [9.17, 15) is 0 Å². The highest BCUT2D eigenvalue weighted by atomic mass is 127. The molecule has 0 heterocycles. The highest BCUT2D eigenvalue weighted by molar-refractivity contribution is 14.1. The molecule has 0 N–H and O–H groups in total. The van der Waals surface area contributed by atoms with Crippen LogP contribution in [-0.2, 0) is 4.43 Å². The lowest BCUT2D eigenvalue weighted by Gasteiger charge is -2.18. The topological polar surface area (TPSA) is 30.8 Å². The summed E-state index contributed by atoms with van der Waals surface area (Å²) in [7, 11) is -1.66. The number of hydrogen-bond donors (Lipinski definition) is 0. The van der Waals surface area contributed by atoms with Crippen LogP contribution in [0.2, 0.25) is 19.6 Å². The molecule has 1 rings (SSSR count). The zero-order chi connectivity index (χ0) is 15.2. The molecule has 3 nitrogen and oxygen atoms in total. The summed E-state index contributed by atoms with van der Waals surface area (Å²) in [5, 5.41) is 0. The Morgan fingerprint density at radius 2 is 2.10 bits per heavy atom. The first-order valence-electron chi connectivity index (χ1n) is 6.27. The van der Waals surface area contributed by atoms with E-state index in [1.54, 1.807) is 12.3 Å². The molecular formula is C15H20INO2Si. The highest BCUT2D eigenvalue weighted by Crippen LogP contribution is 2.20. The third kappa shape index (κ3) is 6.38. The van der Waals surface area contributed by atoms with Crippen molar-refractivity contribution >= 4 is 37.1 Å². The van der Waals surface area contributed by atoms with Gasteiger partial charge in [0.15, 0.2) is 5.88 Å². The zero-order valence-corrected chi connectivity index (χ0v) is 15.3. The fourth-order valence-electron chi connectivity index (χ4n) is 1.42. The highest BCUT2D eigenvalue weighted by Gasteiger charge is 2.16. The maximum atomic E-state index is 5.70. The summed E-state index contributed by atoms with van der Waals surface area (Å²) in [6.45, 7) is 14.2. The van der Waals surface area contributed by atoms with E-state index < -0.39 is 8.32 Å². The molecule has 0 spiro atoms. The van der Waals surface area contributed by atoms with E-state index in [0.717, 1.165) is 14.9 Å². The Morgan fingerprint density at radius 3 is 2.70 bits per heavy atom. The van der Waals surface area contributed by atoms with Gasteiger partial charge in [0.25, 0.3) is 0 Å². The zero-order valence-electron chi connectivity index (χ0n) is 12.1. The third-order valence-corrected chi connectivity index (χ3v) is 3.62. The maximum absolute atomic E-state index is 5.70. The van der Waals surface area contributed by atoms with E-state index >= 15 is 0 Å². The van der Waals surface area contributed by atoms with Gasteiger partial charge < -0.3 is 9.16 Å². The Morgan fingerprint density at radius 1 is 1.40 bits per heavy atom. The van der Waals surface area contributed by atoms with Gasteiger partial charge >= 0.3 is 0 Å². The van der Waals surface area contributed by atoms with Gasteiger partial charge in [-0.25, -0.2) is 4.99 Å². The lowest BCUT2D eigenvalue weighted by molar-refractivity contribution is 0.362. The minimum Gasteiger partial charge on any atom is -0.532 e. The quantitative estimate of drug-likeness (QED) is 0.220. The molecule has 0 saturated carbocycles. The Labute approximate surface area is 135 Å². The number of ether oxygens (including phenoxy) is 1. The third-order valence-electron chi connectivity index (χ3n) is 2.10. The molecule has 0 aromatic heterocycles. The van der Waals surface area contributed by atoms with Crippen LogP contribution in [0.4, 0.5) is 0 Å². The summed E-state index contributed by atoms with van der Waals surface area (Å²) in [6, 6.07) is 5.92. The van der Waals surface area contributed by atoms with Crippen LogP contribution >= 0.6 is 22.6 Å². The summed E-state index contributed by atoms with van der Waals surface area (Å²) >= 11 is 2.25. The summed E-state index contributed by atoms with van der Waals surface area (Å²) in [5.74, 6) is 1.22. The number of hydrogen-bond acceptors (Lipinski definition) is 3. The van der Waals surface area contributed by atoms with Crippen LogP contribution in [0.3, 0.4) is 0 Å². The molecule has 0 bridgehead atoms. The standard InChI is InChI=1S/C15H20INO2Si/c1-6-9-18-15-8-7-14(16)10-13(15)11-17-12(2)19-20(3,4)5/h6-8,10-11H,1-2,9H2,3-5H3. The van der Waals surface area contributed by atoms with Crippen LogP contribution in [0.5, 0.6) is 5.75 Å². The molecule has 0 fully saturated rings. The largest absolute Gasteiger partial charge is 0.532 e. The Bertz CT molecular complexity index is 521. The molecule has 0 aliphatic rings. The summed E-state index contributed by atoms with van der Waals surface area (Å²) in [6.07, 6.45) is 3.44. The second-order valence-electron chi connectivity index (χ2n) is 5.15. The first-order chi connectivity index (χ1) is 9.31. The lowest BCUT2D eigenvalue weighted by atomic mass is 10.2. The van der Waals surface area contributed by atoms with E-state index in [1.807, 2.05) is 18.2 Å². The van der Waals surface area contributed by atoms with Crippen LogP contribution < -0.4 is 4.74 Å². The Balaban J connectivity index is 2.86. The fraction of sp³-hybridized carbons (Fsp3) is 0.267. The van der Waals surface area contributed by atoms with Gasteiger partial charge in [0.2, 0.25) is 8.32 Å². The number of aliphatic imine (C=N–C) groups is 1. The number of halogens is 1. The minimum atomic E-state index is -1.66. The van der Waals surface area contributed by atoms with Gasteiger partial charge in [-0.3, -0.25) is 0 Å². The molecule has 108 valence electrons. The molecule has 0 atom stereocenters. The molecule has 5 heteroatoms. The first-order valence-corrected chi connectivity index (χ1v) is 10.8. The van der Waals surface area contributed by atoms with E-state index in [2.05, 4.69) is 60.4 Å². The smallest absolute Gasteiger partial charge is 0.244 e. The Kier molecular flexibility index (Phi) is 6.48. The Hall–Kier alpha value is -1.08. The lowest BCUT2D eigenvalue weighted by Crippen LogP contribution is -2.24. The molecule has 0 saturated heterocycles. The fourth-order valence-corrected chi connectivity index (χ4v) is 2.70. The molecule has 0 radical (unpaired) electrons. The van der Waals surface area contributed by atoms with E-state index in [4.69, 9.17) is 9.16 Å². The predicted octanol–water partition coefficient (Wildman–Crippen LogP) is 4.60. The number of rotatable bonds is 7. The monoisotopic (exact) mass is 401 g/mol. The second-order valence-corrected chi connectivity index (χ2v) is 10.8. The maximum Gasteiger partial charge on any atom is 0.244 e. The molecule has 1 aromatic rings. The van der Waals surface area contributed by atoms with Crippen molar-refractivity contribution in [1.82, 2.24) is 0 Å². The summed E-state index contributed by atoms with van der Waals surface area (Å²) < 4.78 is 12.4. The van der Waals surface area contributed by atoms with Crippen molar-refractivity contribution in [2.75, 3.05) is 6.61 Å². The molecule has 20 heavy (non-hydrogen) atoms. The summed E-state index contributed by atoms with van der Waals surface area (Å²) in [5.41, 5.74) is 0.902. The van der Waals surface area contributed by atoms with Gasteiger partial charge in [-0.2, -0.15) is 0 Å². The molecule has 0 aliphatic heterocycles. The predicted molar refractivity (Wildman–Crippen MR) is 96.0 cm³/mol. The van der Waals surface area contributed by atoms with Crippen molar-refractivity contribution in [3.8, 4) is 5.75 Å². The normalized spacial score (nSPS) is 11.4. The van der Waals surface area contributed by atoms with E-state index in [0.29, 0.717) is 12.5 Å².